The lowest BCUT2D eigenvalue weighted by Gasteiger charge is -2.10. The second-order valence-corrected chi connectivity index (χ2v) is 5.60. The van der Waals surface area contributed by atoms with Crippen molar-refractivity contribution in [3.05, 3.63) is 28.6 Å². The molecule has 4 heteroatoms. The van der Waals surface area contributed by atoms with E-state index in [1.54, 1.807) is 0 Å². The molecule has 1 heterocycles. The quantitative estimate of drug-likeness (QED) is 0.891. The van der Waals surface area contributed by atoms with E-state index >= 15 is 0 Å². The minimum Gasteiger partial charge on any atom is -0.397 e. The van der Waals surface area contributed by atoms with E-state index in [4.69, 9.17) is 5.73 Å². The van der Waals surface area contributed by atoms with Gasteiger partial charge in [-0.1, -0.05) is 25.1 Å². The topological polar surface area (TPSA) is 55.1 Å². The molecule has 2 rings (SSSR count). The van der Waals surface area contributed by atoms with E-state index in [1.165, 1.54) is 11.3 Å². The highest BCUT2D eigenvalue weighted by atomic mass is 32.1. The molecule has 2 aromatic rings. The molecule has 1 aromatic heterocycles. The fraction of sp³-hybridized carbons (Fsp3) is 0.357. The van der Waals surface area contributed by atoms with Crippen LogP contribution in [0.3, 0.4) is 0 Å². The van der Waals surface area contributed by atoms with Gasteiger partial charge in [0, 0.05) is 16.1 Å². The van der Waals surface area contributed by atoms with Gasteiger partial charge >= 0.3 is 0 Å². The summed E-state index contributed by atoms with van der Waals surface area (Å²) < 4.78 is 1.10. The molecule has 0 saturated carbocycles. The number of fused-ring (bicyclic) bond motifs is 1. The molecule has 0 aliphatic carbocycles. The Kier molecular flexibility index (Phi) is 3.57. The lowest BCUT2D eigenvalue weighted by molar-refractivity contribution is 0.0944. The summed E-state index contributed by atoms with van der Waals surface area (Å²) in [5, 5.41) is 3.94. The van der Waals surface area contributed by atoms with Gasteiger partial charge in [0.15, 0.2) is 0 Å². The van der Waals surface area contributed by atoms with E-state index in [9.17, 15) is 4.79 Å². The largest absolute Gasteiger partial charge is 0.397 e. The summed E-state index contributed by atoms with van der Waals surface area (Å²) in [6.45, 7) is 6.07. The molecule has 96 valence electrons. The van der Waals surface area contributed by atoms with Crippen molar-refractivity contribution >= 4 is 33.0 Å². The van der Waals surface area contributed by atoms with E-state index < -0.39 is 0 Å². The first kappa shape index (κ1) is 12.9. The molecule has 0 bridgehead atoms. The first-order valence-electron chi connectivity index (χ1n) is 6.13. The number of benzene rings is 1. The summed E-state index contributed by atoms with van der Waals surface area (Å²) in [6.07, 6.45) is 0.912. The van der Waals surface area contributed by atoms with Gasteiger partial charge in [0.2, 0.25) is 0 Å². The summed E-state index contributed by atoms with van der Waals surface area (Å²) in [5.74, 6) is -0.0672. The van der Waals surface area contributed by atoms with Gasteiger partial charge in [-0.2, -0.15) is 0 Å². The molecule has 0 aliphatic rings. The third-order valence-electron chi connectivity index (χ3n) is 3.15. The van der Waals surface area contributed by atoms with Crippen LogP contribution >= 0.6 is 11.3 Å². The van der Waals surface area contributed by atoms with Gasteiger partial charge in [-0.3, -0.25) is 4.79 Å². The van der Waals surface area contributed by atoms with Gasteiger partial charge in [0.1, 0.15) is 4.88 Å². The zero-order chi connectivity index (χ0) is 13.3. The highest BCUT2D eigenvalue weighted by Crippen LogP contribution is 2.35. The normalized spacial score (nSPS) is 12.6. The third-order valence-corrected chi connectivity index (χ3v) is 4.50. The SMILES string of the molecule is CCC(C)NC(=O)c1sc2c(C)cccc2c1N. The number of carbonyl (C=O) groups is 1. The summed E-state index contributed by atoms with van der Waals surface area (Å²) in [6, 6.07) is 6.14. The van der Waals surface area contributed by atoms with Gasteiger partial charge in [-0.05, 0) is 25.8 Å². The Morgan fingerprint density at radius 3 is 2.83 bits per heavy atom. The van der Waals surface area contributed by atoms with Gasteiger partial charge in [0.25, 0.3) is 5.91 Å². The van der Waals surface area contributed by atoms with E-state index in [2.05, 4.69) is 5.32 Å². The van der Waals surface area contributed by atoms with Crippen molar-refractivity contribution in [1.29, 1.82) is 0 Å². The summed E-state index contributed by atoms with van der Waals surface area (Å²) in [5.41, 5.74) is 7.83. The zero-order valence-electron chi connectivity index (χ0n) is 10.9. The molecule has 1 amide bonds. The smallest absolute Gasteiger partial charge is 0.263 e. The molecule has 0 aliphatic heterocycles. The standard InChI is InChI=1S/C14H18N2OS/c1-4-9(3)16-14(17)13-11(15)10-7-5-6-8(2)12(10)18-13/h5-7,9H,4,15H2,1-3H3,(H,16,17). The minimum absolute atomic E-state index is 0.0672. The molecule has 1 atom stereocenters. The second kappa shape index (κ2) is 4.98. The number of carbonyl (C=O) groups excluding carboxylic acids is 1. The molecule has 18 heavy (non-hydrogen) atoms. The van der Waals surface area contributed by atoms with Crippen molar-refractivity contribution in [2.75, 3.05) is 5.73 Å². The Morgan fingerprint density at radius 2 is 2.22 bits per heavy atom. The number of hydrogen-bond donors (Lipinski definition) is 2. The van der Waals surface area contributed by atoms with Crippen molar-refractivity contribution in [3.8, 4) is 0 Å². The maximum absolute atomic E-state index is 12.1. The lowest BCUT2D eigenvalue weighted by Crippen LogP contribution is -2.31. The van der Waals surface area contributed by atoms with Crippen LogP contribution in [0.15, 0.2) is 18.2 Å². The number of nitrogens with one attached hydrogen (secondary N) is 1. The number of anilines is 1. The number of aryl methyl sites for hydroxylation is 1. The predicted octanol–water partition coefficient (Wildman–Crippen LogP) is 3.32. The van der Waals surface area contributed by atoms with Crippen LogP contribution in [-0.2, 0) is 0 Å². The zero-order valence-corrected chi connectivity index (χ0v) is 11.7. The summed E-state index contributed by atoms with van der Waals surface area (Å²) in [7, 11) is 0. The second-order valence-electron chi connectivity index (χ2n) is 4.58. The van der Waals surface area contributed by atoms with E-state index in [-0.39, 0.29) is 11.9 Å². The Bertz CT molecular complexity index is 589. The van der Waals surface area contributed by atoms with Crippen molar-refractivity contribution in [2.24, 2.45) is 0 Å². The molecular weight excluding hydrogens is 244 g/mol. The number of amides is 1. The van der Waals surface area contributed by atoms with Crippen LogP contribution in [-0.4, -0.2) is 11.9 Å². The number of nitrogens with two attached hydrogens (primary N) is 1. The average Bonchev–Trinajstić information content (AvgIpc) is 2.69. The Balaban J connectivity index is 2.43. The minimum atomic E-state index is -0.0672. The van der Waals surface area contributed by atoms with E-state index in [0.717, 1.165) is 22.1 Å². The van der Waals surface area contributed by atoms with Gasteiger partial charge < -0.3 is 11.1 Å². The van der Waals surface area contributed by atoms with Crippen LogP contribution in [0.1, 0.15) is 35.5 Å². The Morgan fingerprint density at radius 1 is 1.50 bits per heavy atom. The number of rotatable bonds is 3. The fourth-order valence-electron chi connectivity index (χ4n) is 1.84. The molecular formula is C14H18N2OS. The molecule has 3 nitrogen and oxygen atoms in total. The first-order chi connectivity index (χ1) is 8.54. The van der Waals surface area contributed by atoms with Crippen molar-refractivity contribution in [2.45, 2.75) is 33.2 Å². The molecule has 0 saturated heterocycles. The van der Waals surface area contributed by atoms with Crippen molar-refractivity contribution < 1.29 is 4.79 Å². The van der Waals surface area contributed by atoms with E-state index in [0.29, 0.717) is 10.6 Å². The van der Waals surface area contributed by atoms with Gasteiger partial charge in [0.05, 0.1) is 5.69 Å². The van der Waals surface area contributed by atoms with Gasteiger partial charge in [-0.25, -0.2) is 0 Å². The number of nitrogen functional groups attached to an aromatic ring is 1. The van der Waals surface area contributed by atoms with Crippen molar-refractivity contribution in [1.82, 2.24) is 5.32 Å². The predicted molar refractivity (Wildman–Crippen MR) is 78.2 cm³/mol. The molecule has 1 unspecified atom stereocenters. The number of thiophene rings is 1. The maximum atomic E-state index is 12.1. The average molecular weight is 262 g/mol. The highest BCUT2D eigenvalue weighted by Gasteiger charge is 2.17. The fourth-order valence-corrected chi connectivity index (χ4v) is 2.93. The van der Waals surface area contributed by atoms with Gasteiger partial charge in [-0.15, -0.1) is 11.3 Å². The molecule has 0 fully saturated rings. The molecule has 0 spiro atoms. The molecule has 0 radical (unpaired) electrons. The molecule has 3 N–H and O–H groups in total. The van der Waals surface area contributed by atoms with E-state index in [1.807, 2.05) is 39.0 Å². The maximum Gasteiger partial charge on any atom is 0.263 e. The van der Waals surface area contributed by atoms with Crippen LogP contribution in [0.5, 0.6) is 0 Å². The first-order valence-corrected chi connectivity index (χ1v) is 6.94. The Hall–Kier alpha value is -1.55. The van der Waals surface area contributed by atoms with Crippen molar-refractivity contribution in [3.63, 3.8) is 0 Å². The number of hydrogen-bond acceptors (Lipinski definition) is 3. The molecule has 1 aromatic carbocycles. The monoisotopic (exact) mass is 262 g/mol. The van der Waals surface area contributed by atoms with Crippen LogP contribution in [0.25, 0.3) is 10.1 Å². The Labute approximate surface area is 111 Å². The lowest BCUT2D eigenvalue weighted by atomic mass is 10.1. The van der Waals surface area contributed by atoms with Crippen LogP contribution in [0, 0.1) is 6.92 Å². The third kappa shape index (κ3) is 2.20. The van der Waals surface area contributed by atoms with Crippen LogP contribution in [0.2, 0.25) is 0 Å². The van der Waals surface area contributed by atoms with Crippen LogP contribution in [0.4, 0.5) is 5.69 Å². The van der Waals surface area contributed by atoms with Crippen LogP contribution < -0.4 is 11.1 Å². The summed E-state index contributed by atoms with van der Waals surface area (Å²) in [4.78, 5) is 12.8. The highest BCUT2D eigenvalue weighted by molar-refractivity contribution is 7.21. The summed E-state index contributed by atoms with van der Waals surface area (Å²) >= 11 is 1.47.